The van der Waals surface area contributed by atoms with Gasteiger partial charge in [-0.3, -0.25) is 9.98 Å². The molecule has 0 amide bonds. The Kier molecular flexibility index (Phi) is 5.54. The minimum atomic E-state index is 0.720. The van der Waals surface area contributed by atoms with Crippen LogP contribution in [0.15, 0.2) is 94.6 Å². The van der Waals surface area contributed by atoms with Gasteiger partial charge >= 0.3 is 0 Å². The second-order valence-corrected chi connectivity index (χ2v) is 6.99. The molecule has 4 rings (SSSR count). The van der Waals surface area contributed by atoms with Gasteiger partial charge in [0.1, 0.15) is 0 Å². The molecule has 0 aliphatic carbocycles. The van der Waals surface area contributed by atoms with Crippen LogP contribution in [-0.4, -0.2) is 22.4 Å². The van der Waals surface area contributed by atoms with E-state index in [0.717, 1.165) is 28.2 Å². The third-order valence-corrected chi connectivity index (χ3v) is 5.15. The first-order chi connectivity index (χ1) is 13.8. The van der Waals surface area contributed by atoms with Crippen molar-refractivity contribution in [2.24, 2.45) is 10.1 Å². The van der Waals surface area contributed by atoms with E-state index in [2.05, 4.69) is 63.9 Å². The van der Waals surface area contributed by atoms with Gasteiger partial charge < -0.3 is 0 Å². The van der Waals surface area contributed by atoms with Crippen LogP contribution in [0.25, 0.3) is 22.4 Å². The van der Waals surface area contributed by atoms with Crippen molar-refractivity contribution in [1.82, 2.24) is 9.66 Å². The average molecular weight is 385 g/mol. The van der Waals surface area contributed by atoms with Crippen molar-refractivity contribution in [2.75, 3.05) is 6.54 Å². The van der Waals surface area contributed by atoms with Crippen LogP contribution < -0.4 is 4.80 Å². The zero-order chi connectivity index (χ0) is 19.2. The van der Waals surface area contributed by atoms with Gasteiger partial charge in [0.2, 0.25) is 4.80 Å². The van der Waals surface area contributed by atoms with Gasteiger partial charge in [-0.15, -0.1) is 11.3 Å². The summed E-state index contributed by atoms with van der Waals surface area (Å²) in [7, 11) is 0. The van der Waals surface area contributed by atoms with E-state index in [0.29, 0.717) is 0 Å². The zero-order valence-electron chi connectivity index (χ0n) is 15.6. The number of nitrogens with zero attached hydrogens (tertiary/aromatic N) is 4. The molecule has 4 nitrogen and oxygen atoms in total. The van der Waals surface area contributed by atoms with Crippen molar-refractivity contribution >= 4 is 17.6 Å². The number of aromatic nitrogens is 2. The Bertz CT molecular complexity index is 1120. The second kappa shape index (κ2) is 8.59. The highest BCUT2D eigenvalue weighted by molar-refractivity contribution is 7.07. The maximum atomic E-state index is 4.69. The summed E-state index contributed by atoms with van der Waals surface area (Å²) in [5.41, 5.74) is 5.55. The summed E-state index contributed by atoms with van der Waals surface area (Å²) in [6.45, 7) is 2.75. The summed E-state index contributed by atoms with van der Waals surface area (Å²) in [6, 6.07) is 22.8. The lowest BCUT2D eigenvalue weighted by Gasteiger charge is -2.06. The molecular weight excluding hydrogens is 364 g/mol. The molecule has 138 valence electrons. The van der Waals surface area contributed by atoms with E-state index >= 15 is 0 Å². The summed E-state index contributed by atoms with van der Waals surface area (Å²) in [6.07, 6.45) is 5.37. The largest absolute Gasteiger partial charge is 0.265 e. The highest BCUT2D eigenvalue weighted by atomic mass is 32.1. The van der Waals surface area contributed by atoms with E-state index in [1.165, 1.54) is 11.1 Å². The molecule has 0 fully saturated rings. The van der Waals surface area contributed by atoms with Crippen molar-refractivity contribution in [1.29, 1.82) is 0 Å². The van der Waals surface area contributed by atoms with Crippen molar-refractivity contribution in [2.45, 2.75) is 6.92 Å². The fourth-order valence-electron chi connectivity index (χ4n) is 2.89. The summed E-state index contributed by atoms with van der Waals surface area (Å²) in [5, 5.41) is 6.80. The molecule has 0 unspecified atom stereocenters. The van der Waals surface area contributed by atoms with Gasteiger partial charge in [-0.05, 0) is 35.7 Å². The van der Waals surface area contributed by atoms with E-state index in [1.807, 2.05) is 36.0 Å². The molecule has 0 spiro atoms. The summed E-state index contributed by atoms with van der Waals surface area (Å²) in [5.74, 6) is 0. The van der Waals surface area contributed by atoms with Crippen molar-refractivity contribution in [3.63, 3.8) is 0 Å². The molecule has 5 heteroatoms. The maximum Gasteiger partial charge on any atom is 0.206 e. The second-order valence-electron chi connectivity index (χ2n) is 6.16. The molecule has 2 aromatic heterocycles. The van der Waals surface area contributed by atoms with E-state index in [-0.39, 0.29) is 0 Å². The van der Waals surface area contributed by atoms with Gasteiger partial charge in [-0.1, -0.05) is 54.6 Å². The lowest BCUT2D eigenvalue weighted by Crippen LogP contribution is -2.12. The van der Waals surface area contributed by atoms with Gasteiger partial charge in [0.25, 0.3) is 0 Å². The Labute approximate surface area is 168 Å². The minimum Gasteiger partial charge on any atom is -0.265 e. The molecule has 0 radical (unpaired) electrons. The Morgan fingerprint density at radius 3 is 2.29 bits per heavy atom. The molecule has 28 heavy (non-hydrogen) atoms. The Hall–Kier alpha value is -3.31. The van der Waals surface area contributed by atoms with Crippen molar-refractivity contribution in [3.8, 4) is 22.4 Å². The number of hydrogen-bond donors (Lipinski definition) is 0. The van der Waals surface area contributed by atoms with Crippen molar-refractivity contribution < 1.29 is 0 Å². The molecule has 0 aliphatic heterocycles. The smallest absolute Gasteiger partial charge is 0.206 e. The van der Waals surface area contributed by atoms with Gasteiger partial charge in [0, 0.05) is 29.9 Å². The van der Waals surface area contributed by atoms with Crippen LogP contribution in [0.4, 0.5) is 0 Å². The zero-order valence-corrected chi connectivity index (χ0v) is 16.4. The summed E-state index contributed by atoms with van der Waals surface area (Å²) < 4.78 is 1.91. The minimum absolute atomic E-state index is 0.720. The number of thiazole rings is 1. The van der Waals surface area contributed by atoms with E-state index < -0.39 is 0 Å². The third kappa shape index (κ3) is 4.00. The SMILES string of the molecule is CCN=c1scc(-c2ccc(-c3ccccc3)cc2)n1N=Cc1ccncc1. The lowest BCUT2D eigenvalue weighted by atomic mass is 10.0. The van der Waals surface area contributed by atoms with E-state index in [9.17, 15) is 0 Å². The summed E-state index contributed by atoms with van der Waals surface area (Å²) in [4.78, 5) is 9.52. The fourth-order valence-corrected chi connectivity index (χ4v) is 3.79. The monoisotopic (exact) mass is 384 g/mol. The van der Waals surface area contributed by atoms with Crippen LogP contribution in [-0.2, 0) is 0 Å². The molecule has 0 aliphatic rings. The first-order valence-corrected chi connectivity index (χ1v) is 10.0. The van der Waals surface area contributed by atoms with Crippen LogP contribution in [0.5, 0.6) is 0 Å². The molecule has 2 aromatic carbocycles. The van der Waals surface area contributed by atoms with E-state index in [4.69, 9.17) is 5.10 Å². The predicted molar refractivity (Wildman–Crippen MR) is 117 cm³/mol. The summed E-state index contributed by atoms with van der Waals surface area (Å²) >= 11 is 1.60. The normalized spacial score (nSPS) is 12.0. The first-order valence-electron chi connectivity index (χ1n) is 9.16. The van der Waals surface area contributed by atoms with E-state index in [1.54, 1.807) is 23.7 Å². The quantitative estimate of drug-likeness (QED) is 0.442. The van der Waals surface area contributed by atoms with Gasteiger partial charge in [-0.25, -0.2) is 4.68 Å². The van der Waals surface area contributed by atoms with Gasteiger partial charge in [0.05, 0.1) is 11.9 Å². The number of rotatable bonds is 5. The number of benzene rings is 2. The molecule has 0 saturated carbocycles. The maximum absolute atomic E-state index is 4.69. The Morgan fingerprint density at radius 2 is 1.57 bits per heavy atom. The highest BCUT2D eigenvalue weighted by Crippen LogP contribution is 2.25. The molecule has 0 saturated heterocycles. The average Bonchev–Trinajstić information content (AvgIpc) is 3.16. The highest BCUT2D eigenvalue weighted by Gasteiger charge is 2.08. The molecular formula is C23H20N4S. The Balaban J connectivity index is 1.72. The Morgan fingerprint density at radius 1 is 0.893 bits per heavy atom. The van der Waals surface area contributed by atoms with Crippen molar-refractivity contribution in [3.05, 3.63) is 94.9 Å². The standard InChI is InChI=1S/C23H20N4S/c1-2-25-23-27(26-16-18-12-14-24-15-13-18)22(17-28-23)21-10-8-20(9-11-21)19-6-4-3-5-7-19/h3-17H,2H2,1H3. The molecule has 0 N–H and O–H groups in total. The first kappa shape index (κ1) is 18.1. The van der Waals surface area contributed by atoms with Gasteiger partial charge in [-0.2, -0.15) is 5.10 Å². The molecule has 0 atom stereocenters. The molecule has 0 bridgehead atoms. The topological polar surface area (TPSA) is 42.5 Å². The van der Waals surface area contributed by atoms with Gasteiger partial charge in [0.15, 0.2) is 0 Å². The van der Waals surface area contributed by atoms with Crippen LogP contribution in [0.3, 0.4) is 0 Å². The number of pyridine rings is 1. The van der Waals surface area contributed by atoms with Crippen LogP contribution in [0.2, 0.25) is 0 Å². The van der Waals surface area contributed by atoms with Crippen LogP contribution in [0, 0.1) is 0 Å². The lowest BCUT2D eigenvalue weighted by molar-refractivity contribution is 0.833. The van der Waals surface area contributed by atoms with Crippen LogP contribution >= 0.6 is 11.3 Å². The third-order valence-electron chi connectivity index (χ3n) is 4.29. The fraction of sp³-hybridized carbons (Fsp3) is 0.0870. The predicted octanol–water partition coefficient (Wildman–Crippen LogP) is 5.08. The number of hydrogen-bond acceptors (Lipinski definition) is 4. The molecule has 2 heterocycles. The van der Waals surface area contributed by atoms with Crippen LogP contribution in [0.1, 0.15) is 12.5 Å². The molecule has 4 aromatic rings.